The van der Waals surface area contributed by atoms with E-state index in [1.807, 2.05) is 0 Å². The van der Waals surface area contributed by atoms with Gasteiger partial charge in [0.25, 0.3) is 10.0 Å². The second-order valence-corrected chi connectivity index (χ2v) is 6.99. The molecule has 0 aliphatic carbocycles. The molecule has 0 atom stereocenters. The Balaban J connectivity index is 3.30. The van der Waals surface area contributed by atoms with Gasteiger partial charge in [0.2, 0.25) is 0 Å². The lowest BCUT2D eigenvalue weighted by molar-refractivity contribution is 0.225. The molecule has 0 unspecified atom stereocenters. The summed E-state index contributed by atoms with van der Waals surface area (Å²) in [5.74, 6) is 0. The molecule has 8 heteroatoms. The molecule has 0 heterocycles. The van der Waals surface area contributed by atoms with E-state index in [4.69, 9.17) is 13.6 Å². The van der Waals surface area contributed by atoms with Crippen LogP contribution in [0.15, 0.2) is 39.4 Å². The zero-order valence-electron chi connectivity index (χ0n) is 9.73. The van der Waals surface area contributed by atoms with E-state index in [2.05, 4.69) is 4.15 Å². The highest BCUT2D eigenvalue weighted by molar-refractivity contribution is 7.93. The quantitative estimate of drug-likeness (QED) is 0.773. The molecular formula is C9H14NO5PS. The summed E-state index contributed by atoms with van der Waals surface area (Å²) in [6, 6.07) is 7.80. The molecule has 0 aliphatic rings. The van der Waals surface area contributed by atoms with Crippen molar-refractivity contribution in [3.8, 4) is 0 Å². The fraction of sp³-hybridized carbons (Fsp3) is 0.333. The second-order valence-electron chi connectivity index (χ2n) is 2.89. The van der Waals surface area contributed by atoms with Crippen LogP contribution >= 0.6 is 7.74 Å². The third kappa shape index (κ3) is 3.37. The lowest BCUT2D eigenvalue weighted by atomic mass is 10.4. The minimum absolute atomic E-state index is 0.0653. The zero-order valence-corrected chi connectivity index (χ0v) is 11.4. The van der Waals surface area contributed by atoms with Gasteiger partial charge in [-0.05, 0) is 12.1 Å². The molecule has 17 heavy (non-hydrogen) atoms. The molecule has 0 aromatic heterocycles. The van der Waals surface area contributed by atoms with Gasteiger partial charge in [-0.25, -0.2) is 0 Å². The maximum absolute atomic E-state index is 11.9. The van der Waals surface area contributed by atoms with Crippen molar-refractivity contribution in [2.45, 2.75) is 4.90 Å². The van der Waals surface area contributed by atoms with Crippen LogP contribution in [0.1, 0.15) is 0 Å². The first kappa shape index (κ1) is 14.3. The lowest BCUT2D eigenvalue weighted by Crippen LogP contribution is -2.00. The highest BCUT2D eigenvalue weighted by Gasteiger charge is 2.25. The Morgan fingerprint density at radius 2 is 1.47 bits per heavy atom. The van der Waals surface area contributed by atoms with Crippen LogP contribution in [0.2, 0.25) is 0 Å². The summed E-state index contributed by atoms with van der Waals surface area (Å²) in [7, 11) is -3.20. The molecule has 0 radical (unpaired) electrons. The molecular weight excluding hydrogens is 265 g/mol. The van der Waals surface area contributed by atoms with Crippen LogP contribution in [0.4, 0.5) is 0 Å². The minimum atomic E-state index is -3.85. The predicted molar refractivity (Wildman–Crippen MR) is 64.0 cm³/mol. The molecule has 0 N–H and O–H groups in total. The zero-order chi connectivity index (χ0) is 12.9. The maximum Gasteiger partial charge on any atom is 0.370 e. The van der Waals surface area contributed by atoms with Crippen LogP contribution in [0.25, 0.3) is 0 Å². The van der Waals surface area contributed by atoms with Gasteiger partial charge in [0.05, 0.1) is 4.90 Å². The monoisotopic (exact) mass is 279 g/mol. The van der Waals surface area contributed by atoms with Gasteiger partial charge in [0, 0.05) is 21.3 Å². The van der Waals surface area contributed by atoms with Crippen molar-refractivity contribution in [2.75, 3.05) is 21.3 Å². The van der Waals surface area contributed by atoms with Gasteiger partial charge in [-0.2, -0.15) is 8.42 Å². The Kier molecular flexibility index (Phi) is 4.85. The third-order valence-electron chi connectivity index (χ3n) is 1.94. The topological polar surface area (TPSA) is 74.2 Å². The molecule has 1 aromatic rings. The molecule has 0 aliphatic heterocycles. The Labute approximate surface area is 101 Å². The number of hydrogen-bond donors (Lipinski definition) is 0. The SMILES string of the molecule is COP(=NS(=O)(=O)c1ccccc1)(OC)OC. The minimum Gasteiger partial charge on any atom is -0.305 e. The van der Waals surface area contributed by atoms with Gasteiger partial charge in [-0.3, -0.25) is 0 Å². The Morgan fingerprint density at radius 1 is 1.00 bits per heavy atom. The summed E-state index contributed by atoms with van der Waals surface area (Å²) < 4.78 is 42.2. The van der Waals surface area contributed by atoms with Gasteiger partial charge >= 0.3 is 7.74 Å². The first-order valence-electron chi connectivity index (χ1n) is 4.60. The summed E-state index contributed by atoms with van der Waals surface area (Å²) >= 11 is 0. The molecule has 6 nitrogen and oxygen atoms in total. The number of sulfonamides is 1. The standard InChI is InChI=1S/C9H14NO5PS/c1-13-16(14-2,15-3)10-17(11,12)9-7-5-4-6-8-9/h4-8H,1-3H3. The van der Waals surface area contributed by atoms with Crippen LogP contribution in [-0.4, -0.2) is 29.7 Å². The van der Waals surface area contributed by atoms with Gasteiger partial charge in [-0.1, -0.05) is 22.3 Å². The van der Waals surface area contributed by atoms with Crippen molar-refractivity contribution < 1.29 is 22.0 Å². The van der Waals surface area contributed by atoms with Crippen molar-refractivity contribution in [1.82, 2.24) is 0 Å². The predicted octanol–water partition coefficient (Wildman–Crippen LogP) is 2.26. The van der Waals surface area contributed by atoms with E-state index in [-0.39, 0.29) is 4.90 Å². The van der Waals surface area contributed by atoms with E-state index in [0.29, 0.717) is 0 Å². The number of rotatable bonds is 5. The summed E-state index contributed by atoms with van der Waals surface area (Å²) in [5, 5.41) is 0. The van der Waals surface area contributed by atoms with Crippen molar-refractivity contribution in [2.24, 2.45) is 4.15 Å². The van der Waals surface area contributed by atoms with Crippen molar-refractivity contribution in [3.05, 3.63) is 30.3 Å². The number of nitrogens with zero attached hydrogens (tertiary/aromatic N) is 1. The van der Waals surface area contributed by atoms with Gasteiger partial charge in [0.1, 0.15) is 0 Å². The second kappa shape index (κ2) is 5.75. The van der Waals surface area contributed by atoms with Crippen LogP contribution in [0.5, 0.6) is 0 Å². The molecule has 0 amide bonds. The van der Waals surface area contributed by atoms with Crippen molar-refractivity contribution in [3.63, 3.8) is 0 Å². The average molecular weight is 279 g/mol. The Hall–Kier alpha value is -0.720. The van der Waals surface area contributed by atoms with Crippen LogP contribution < -0.4 is 0 Å². The van der Waals surface area contributed by atoms with E-state index in [0.717, 1.165) is 0 Å². The first-order valence-corrected chi connectivity index (χ1v) is 7.54. The molecule has 1 aromatic carbocycles. The molecule has 1 rings (SSSR count). The average Bonchev–Trinajstić information content (AvgIpc) is 2.37. The normalized spacial score (nSPS) is 12.4. The number of hydrogen-bond acceptors (Lipinski definition) is 5. The van der Waals surface area contributed by atoms with Crippen molar-refractivity contribution >= 4 is 17.8 Å². The fourth-order valence-electron chi connectivity index (χ4n) is 1.09. The summed E-state index contributed by atoms with van der Waals surface area (Å²) in [4.78, 5) is 0.0653. The van der Waals surface area contributed by atoms with Crippen LogP contribution in [0, 0.1) is 0 Å². The summed E-state index contributed by atoms with van der Waals surface area (Å²) in [5.41, 5.74) is 0. The Morgan fingerprint density at radius 3 is 1.88 bits per heavy atom. The number of benzene rings is 1. The van der Waals surface area contributed by atoms with E-state index in [9.17, 15) is 8.42 Å². The van der Waals surface area contributed by atoms with Crippen LogP contribution in [0.3, 0.4) is 0 Å². The first-order chi connectivity index (χ1) is 7.99. The van der Waals surface area contributed by atoms with Crippen LogP contribution in [-0.2, 0) is 23.6 Å². The highest BCUT2D eigenvalue weighted by atomic mass is 32.2. The Bertz CT molecular complexity index is 494. The van der Waals surface area contributed by atoms with Gasteiger partial charge in [-0.15, -0.1) is 0 Å². The third-order valence-corrected chi connectivity index (χ3v) is 5.85. The van der Waals surface area contributed by atoms with E-state index in [1.54, 1.807) is 18.2 Å². The molecule has 0 saturated heterocycles. The van der Waals surface area contributed by atoms with E-state index >= 15 is 0 Å². The lowest BCUT2D eigenvalue weighted by Gasteiger charge is -2.16. The van der Waals surface area contributed by atoms with E-state index < -0.39 is 17.8 Å². The fourth-order valence-corrected chi connectivity index (χ4v) is 4.27. The molecule has 0 saturated carbocycles. The highest BCUT2D eigenvalue weighted by Crippen LogP contribution is 2.52. The molecule has 0 bridgehead atoms. The largest absolute Gasteiger partial charge is 0.370 e. The molecule has 96 valence electrons. The van der Waals surface area contributed by atoms with Gasteiger partial charge < -0.3 is 13.6 Å². The smallest absolute Gasteiger partial charge is 0.305 e. The summed E-state index contributed by atoms with van der Waals surface area (Å²) in [6.45, 7) is 0. The van der Waals surface area contributed by atoms with Crippen molar-refractivity contribution in [1.29, 1.82) is 0 Å². The molecule has 0 fully saturated rings. The van der Waals surface area contributed by atoms with E-state index in [1.165, 1.54) is 33.5 Å². The molecule has 0 spiro atoms. The van der Waals surface area contributed by atoms with Gasteiger partial charge in [0.15, 0.2) is 0 Å². The maximum atomic E-state index is 11.9. The summed E-state index contributed by atoms with van der Waals surface area (Å²) in [6.07, 6.45) is 0.